The third-order valence-electron chi connectivity index (χ3n) is 2.92. The van der Waals surface area contributed by atoms with E-state index in [2.05, 4.69) is 4.99 Å². The van der Waals surface area contributed by atoms with Crippen LogP contribution in [0.5, 0.6) is 0 Å². The van der Waals surface area contributed by atoms with Crippen LogP contribution in [0, 0.1) is 0 Å². The van der Waals surface area contributed by atoms with Gasteiger partial charge in [-0.15, -0.1) is 0 Å². The van der Waals surface area contributed by atoms with E-state index >= 15 is 0 Å². The number of carbonyl (C=O) groups excluding carboxylic acids is 1. The number of hydrogen-bond acceptors (Lipinski definition) is 3. The van der Waals surface area contributed by atoms with Crippen LogP contribution in [-0.4, -0.2) is 36.8 Å². The number of hydrazine groups is 1. The number of aliphatic imine (C=N–C) groups is 1. The standard InChI is InChI=1S/C12H15N3O/c1-9-11(13-2)12(16)15(14(9)3)10-7-5-4-6-8-10/h4-9H,1-3H3. The van der Waals surface area contributed by atoms with Crippen LogP contribution in [0.3, 0.4) is 0 Å². The molecule has 16 heavy (non-hydrogen) atoms. The van der Waals surface area contributed by atoms with Crippen molar-refractivity contribution in [1.82, 2.24) is 5.01 Å². The number of nitrogens with zero attached hydrogens (tertiary/aromatic N) is 3. The third kappa shape index (κ3) is 1.51. The van der Waals surface area contributed by atoms with Crippen molar-refractivity contribution in [2.75, 3.05) is 19.1 Å². The minimum atomic E-state index is -0.0382. The first-order chi connectivity index (χ1) is 7.66. The van der Waals surface area contributed by atoms with Gasteiger partial charge in [-0.2, -0.15) is 0 Å². The first-order valence-corrected chi connectivity index (χ1v) is 5.25. The van der Waals surface area contributed by atoms with E-state index in [-0.39, 0.29) is 11.9 Å². The van der Waals surface area contributed by atoms with E-state index in [0.29, 0.717) is 5.71 Å². The summed E-state index contributed by atoms with van der Waals surface area (Å²) in [5.74, 6) is -0.0382. The molecule has 1 aromatic rings. The summed E-state index contributed by atoms with van der Waals surface area (Å²) < 4.78 is 0. The Bertz CT molecular complexity index is 427. The van der Waals surface area contributed by atoms with Gasteiger partial charge in [-0.25, -0.2) is 10.0 Å². The Kier molecular flexibility index (Phi) is 2.75. The molecule has 0 radical (unpaired) electrons. The maximum absolute atomic E-state index is 12.1. The van der Waals surface area contributed by atoms with E-state index in [1.54, 1.807) is 12.1 Å². The molecule has 1 saturated heterocycles. The van der Waals surface area contributed by atoms with E-state index in [9.17, 15) is 4.79 Å². The van der Waals surface area contributed by atoms with Gasteiger partial charge in [0, 0.05) is 14.1 Å². The van der Waals surface area contributed by atoms with Gasteiger partial charge in [0.1, 0.15) is 5.71 Å². The van der Waals surface area contributed by atoms with Crippen molar-refractivity contribution in [3.63, 3.8) is 0 Å². The summed E-state index contributed by atoms with van der Waals surface area (Å²) in [6, 6.07) is 9.63. The van der Waals surface area contributed by atoms with Gasteiger partial charge in [-0.3, -0.25) is 9.79 Å². The topological polar surface area (TPSA) is 35.9 Å². The lowest BCUT2D eigenvalue weighted by atomic mass is 10.2. The summed E-state index contributed by atoms with van der Waals surface area (Å²) >= 11 is 0. The maximum Gasteiger partial charge on any atom is 0.288 e. The van der Waals surface area contributed by atoms with Gasteiger partial charge >= 0.3 is 0 Å². The van der Waals surface area contributed by atoms with Gasteiger partial charge in [0.2, 0.25) is 0 Å². The highest BCUT2D eigenvalue weighted by Crippen LogP contribution is 2.23. The smallest absolute Gasteiger partial charge is 0.286 e. The first-order valence-electron chi connectivity index (χ1n) is 5.25. The van der Waals surface area contributed by atoms with E-state index in [1.165, 1.54) is 0 Å². The molecular formula is C12H15N3O. The molecule has 0 N–H and O–H groups in total. The number of rotatable bonds is 1. The molecule has 2 rings (SSSR count). The molecule has 1 amide bonds. The molecule has 0 aromatic heterocycles. The normalized spacial score (nSPS) is 24.4. The third-order valence-corrected chi connectivity index (χ3v) is 2.92. The van der Waals surface area contributed by atoms with E-state index in [4.69, 9.17) is 0 Å². The van der Waals surface area contributed by atoms with Crippen molar-refractivity contribution < 1.29 is 4.79 Å². The Labute approximate surface area is 95.2 Å². The van der Waals surface area contributed by atoms with Crippen molar-refractivity contribution in [2.45, 2.75) is 13.0 Å². The van der Waals surface area contributed by atoms with Gasteiger partial charge < -0.3 is 0 Å². The second-order valence-corrected chi connectivity index (χ2v) is 3.81. The second kappa shape index (κ2) is 4.06. The Morgan fingerprint density at radius 1 is 1.25 bits per heavy atom. The van der Waals surface area contributed by atoms with Crippen LogP contribution in [0.25, 0.3) is 0 Å². The van der Waals surface area contributed by atoms with Crippen LogP contribution in [0.4, 0.5) is 5.69 Å². The molecule has 0 saturated carbocycles. The van der Waals surface area contributed by atoms with Crippen LogP contribution < -0.4 is 5.01 Å². The van der Waals surface area contributed by atoms with E-state index in [0.717, 1.165) is 5.69 Å². The molecule has 0 spiro atoms. The summed E-state index contributed by atoms with van der Waals surface area (Å²) in [4.78, 5) is 16.2. The number of benzene rings is 1. The Morgan fingerprint density at radius 2 is 1.88 bits per heavy atom. The van der Waals surface area contributed by atoms with Gasteiger partial charge in [-0.05, 0) is 19.1 Å². The minimum Gasteiger partial charge on any atom is -0.286 e. The molecule has 0 aliphatic carbocycles. The van der Waals surface area contributed by atoms with Crippen molar-refractivity contribution in [3.8, 4) is 0 Å². The SMILES string of the molecule is CN=C1C(=O)N(c2ccccc2)N(C)C1C. The van der Waals surface area contributed by atoms with Crippen LogP contribution in [-0.2, 0) is 4.79 Å². The molecule has 4 nitrogen and oxygen atoms in total. The fraction of sp³-hybridized carbons (Fsp3) is 0.333. The molecule has 1 aliphatic rings. The summed E-state index contributed by atoms with van der Waals surface area (Å²) in [5, 5.41) is 3.56. The van der Waals surface area contributed by atoms with Crippen LogP contribution in [0.15, 0.2) is 35.3 Å². The zero-order valence-electron chi connectivity index (χ0n) is 9.71. The average molecular weight is 217 g/mol. The molecule has 1 unspecified atom stereocenters. The van der Waals surface area contributed by atoms with Gasteiger partial charge in [0.25, 0.3) is 5.91 Å². The zero-order valence-corrected chi connectivity index (χ0v) is 9.71. The second-order valence-electron chi connectivity index (χ2n) is 3.81. The summed E-state index contributed by atoms with van der Waals surface area (Å²) in [7, 11) is 3.56. The largest absolute Gasteiger partial charge is 0.288 e. The van der Waals surface area contributed by atoms with Gasteiger partial charge in [0.15, 0.2) is 0 Å². The number of hydrogen-bond donors (Lipinski definition) is 0. The number of para-hydroxylation sites is 1. The Hall–Kier alpha value is -1.68. The van der Waals surface area contributed by atoms with Crippen LogP contribution in [0.1, 0.15) is 6.92 Å². The fourth-order valence-electron chi connectivity index (χ4n) is 1.93. The lowest BCUT2D eigenvalue weighted by Crippen LogP contribution is -2.38. The van der Waals surface area contributed by atoms with E-state index in [1.807, 2.05) is 49.3 Å². The Morgan fingerprint density at radius 3 is 2.38 bits per heavy atom. The number of carbonyl (C=O) groups is 1. The van der Waals surface area contributed by atoms with Crippen molar-refractivity contribution >= 4 is 17.3 Å². The maximum atomic E-state index is 12.1. The van der Waals surface area contributed by atoms with Crippen molar-refractivity contribution in [1.29, 1.82) is 0 Å². The molecule has 1 aliphatic heterocycles. The lowest BCUT2D eigenvalue weighted by molar-refractivity contribution is -0.113. The van der Waals surface area contributed by atoms with Crippen molar-refractivity contribution in [3.05, 3.63) is 30.3 Å². The van der Waals surface area contributed by atoms with Gasteiger partial charge in [0.05, 0.1) is 11.7 Å². The molecule has 1 atom stereocenters. The first kappa shape index (κ1) is 10.8. The molecular weight excluding hydrogens is 202 g/mol. The quantitative estimate of drug-likeness (QED) is 0.711. The predicted octanol–water partition coefficient (Wildman–Crippen LogP) is 1.34. The number of anilines is 1. The zero-order chi connectivity index (χ0) is 11.7. The summed E-state index contributed by atoms with van der Waals surface area (Å²) in [5.41, 5.74) is 1.48. The molecule has 4 heteroatoms. The summed E-state index contributed by atoms with van der Waals surface area (Å²) in [6.07, 6.45) is 0. The highest BCUT2D eigenvalue weighted by Gasteiger charge is 2.39. The monoisotopic (exact) mass is 217 g/mol. The number of amides is 1. The summed E-state index contributed by atoms with van der Waals surface area (Å²) in [6.45, 7) is 1.98. The Balaban J connectivity index is 2.41. The van der Waals surface area contributed by atoms with Crippen LogP contribution in [0.2, 0.25) is 0 Å². The van der Waals surface area contributed by atoms with Crippen molar-refractivity contribution in [2.24, 2.45) is 4.99 Å². The van der Waals surface area contributed by atoms with Crippen LogP contribution >= 0.6 is 0 Å². The highest BCUT2D eigenvalue weighted by atomic mass is 16.2. The fourth-order valence-corrected chi connectivity index (χ4v) is 1.93. The molecule has 84 valence electrons. The highest BCUT2D eigenvalue weighted by molar-refractivity contribution is 6.47. The molecule has 1 fully saturated rings. The molecule has 0 bridgehead atoms. The average Bonchev–Trinajstić information content (AvgIpc) is 2.51. The minimum absolute atomic E-state index is 0.0257. The van der Waals surface area contributed by atoms with Gasteiger partial charge in [-0.1, -0.05) is 18.2 Å². The lowest BCUT2D eigenvalue weighted by Gasteiger charge is -2.25. The molecule has 1 heterocycles. The predicted molar refractivity (Wildman–Crippen MR) is 64.5 cm³/mol. The molecule has 1 aromatic carbocycles. The van der Waals surface area contributed by atoms with E-state index < -0.39 is 0 Å².